The highest BCUT2D eigenvalue weighted by Gasteiger charge is 2.16. The summed E-state index contributed by atoms with van der Waals surface area (Å²) < 4.78 is 18.3. The Morgan fingerprint density at radius 2 is 2.24 bits per heavy atom. The summed E-state index contributed by atoms with van der Waals surface area (Å²) in [6.45, 7) is 0. The van der Waals surface area contributed by atoms with Gasteiger partial charge in [0.05, 0.1) is 10.4 Å². The maximum absolute atomic E-state index is 13.3. The van der Waals surface area contributed by atoms with Gasteiger partial charge in [-0.15, -0.1) is 0 Å². The first kappa shape index (κ1) is 13.4. The molecule has 1 aromatic carbocycles. The maximum atomic E-state index is 13.3. The fraction of sp³-hybridized carbons (Fsp3) is 0. The third kappa shape index (κ3) is 2.82. The van der Waals surface area contributed by atoms with Gasteiger partial charge < -0.3 is 15.5 Å². The minimum atomic E-state index is -0.921. The average molecular weight is 303 g/mol. The molecule has 21 heavy (non-hydrogen) atoms. The van der Waals surface area contributed by atoms with Gasteiger partial charge in [-0.2, -0.15) is 0 Å². The predicted octanol–water partition coefficient (Wildman–Crippen LogP) is 3.31. The molecule has 2 heterocycles. The SMILES string of the molecule is NC(=O)Oc1[nH]c2ccncc2c1Sc1cccc(F)c1. The Morgan fingerprint density at radius 1 is 1.38 bits per heavy atom. The monoisotopic (exact) mass is 303 g/mol. The lowest BCUT2D eigenvalue weighted by Gasteiger charge is -2.04. The number of amides is 1. The van der Waals surface area contributed by atoms with Crippen LogP contribution >= 0.6 is 11.8 Å². The van der Waals surface area contributed by atoms with Gasteiger partial charge in [0.1, 0.15) is 5.82 Å². The summed E-state index contributed by atoms with van der Waals surface area (Å²) in [5, 5.41) is 0.767. The molecule has 3 rings (SSSR count). The standard InChI is InChI=1S/C14H10FN3O2S/c15-8-2-1-3-9(6-8)21-12-10-7-17-5-4-11(10)18-13(12)20-14(16)19/h1-7,18H,(H2,16,19). The molecule has 106 valence electrons. The summed E-state index contributed by atoms with van der Waals surface area (Å²) >= 11 is 1.26. The van der Waals surface area contributed by atoms with E-state index in [2.05, 4.69) is 9.97 Å². The molecule has 2 aromatic heterocycles. The number of nitrogens with zero attached hydrogens (tertiary/aromatic N) is 1. The van der Waals surface area contributed by atoms with Gasteiger partial charge in [-0.05, 0) is 24.3 Å². The van der Waals surface area contributed by atoms with E-state index in [0.29, 0.717) is 9.79 Å². The van der Waals surface area contributed by atoms with Crippen LogP contribution in [0.25, 0.3) is 10.9 Å². The lowest BCUT2D eigenvalue weighted by molar-refractivity contribution is 0.208. The van der Waals surface area contributed by atoms with Crippen molar-refractivity contribution >= 4 is 28.8 Å². The van der Waals surface area contributed by atoms with Crippen LogP contribution in [-0.4, -0.2) is 16.1 Å². The molecule has 0 fully saturated rings. The lowest BCUT2D eigenvalue weighted by Crippen LogP contribution is -2.16. The second kappa shape index (κ2) is 5.45. The average Bonchev–Trinajstić information content (AvgIpc) is 2.76. The first-order chi connectivity index (χ1) is 10.1. The molecule has 1 amide bonds. The molecule has 0 atom stereocenters. The molecule has 0 bridgehead atoms. The summed E-state index contributed by atoms with van der Waals surface area (Å²) in [5.74, 6) is -0.116. The number of benzene rings is 1. The Kier molecular flexibility index (Phi) is 3.49. The highest BCUT2D eigenvalue weighted by molar-refractivity contribution is 7.99. The minimum Gasteiger partial charge on any atom is -0.392 e. The number of pyridine rings is 1. The van der Waals surface area contributed by atoms with Crippen LogP contribution in [0.5, 0.6) is 5.88 Å². The zero-order chi connectivity index (χ0) is 14.8. The molecule has 0 saturated carbocycles. The first-order valence-corrected chi connectivity index (χ1v) is 6.81. The Morgan fingerprint density at radius 3 is 3.00 bits per heavy atom. The van der Waals surface area contributed by atoms with E-state index in [4.69, 9.17) is 10.5 Å². The van der Waals surface area contributed by atoms with Gasteiger partial charge in [-0.25, -0.2) is 9.18 Å². The molecule has 3 aromatic rings. The lowest BCUT2D eigenvalue weighted by atomic mass is 10.3. The quantitative estimate of drug-likeness (QED) is 0.777. The van der Waals surface area contributed by atoms with E-state index in [1.807, 2.05) is 0 Å². The second-order valence-electron chi connectivity index (χ2n) is 4.19. The number of carbonyl (C=O) groups is 1. The summed E-state index contributed by atoms with van der Waals surface area (Å²) in [6.07, 6.45) is 2.33. The highest BCUT2D eigenvalue weighted by Crippen LogP contribution is 2.40. The summed E-state index contributed by atoms with van der Waals surface area (Å²) in [6, 6.07) is 7.88. The van der Waals surface area contributed by atoms with Gasteiger partial charge in [0.15, 0.2) is 0 Å². The van der Waals surface area contributed by atoms with Crippen molar-refractivity contribution in [3.8, 4) is 5.88 Å². The Hall–Kier alpha value is -2.54. The number of nitrogens with two attached hydrogens (primary N) is 1. The molecule has 0 aliphatic carbocycles. The molecule has 0 saturated heterocycles. The van der Waals surface area contributed by atoms with Gasteiger partial charge in [-0.1, -0.05) is 17.8 Å². The van der Waals surface area contributed by atoms with Crippen molar-refractivity contribution in [3.63, 3.8) is 0 Å². The zero-order valence-corrected chi connectivity index (χ0v) is 11.5. The molecule has 0 aliphatic rings. The molecule has 0 aliphatic heterocycles. The van der Waals surface area contributed by atoms with Crippen molar-refractivity contribution in [1.82, 2.24) is 9.97 Å². The van der Waals surface area contributed by atoms with Crippen LogP contribution in [0, 0.1) is 5.82 Å². The van der Waals surface area contributed by atoms with Gasteiger partial charge in [0, 0.05) is 22.7 Å². The summed E-state index contributed by atoms with van der Waals surface area (Å²) in [5.41, 5.74) is 5.82. The van der Waals surface area contributed by atoms with E-state index in [-0.39, 0.29) is 11.7 Å². The van der Waals surface area contributed by atoms with E-state index >= 15 is 0 Å². The Labute approximate surface area is 123 Å². The number of aromatic nitrogens is 2. The Bertz CT molecular complexity index is 819. The smallest absolute Gasteiger partial charge is 0.392 e. The number of carbonyl (C=O) groups excluding carboxylic acids is 1. The number of ether oxygens (including phenoxy) is 1. The summed E-state index contributed by atoms with van der Waals surface area (Å²) in [7, 11) is 0. The van der Waals surface area contributed by atoms with Gasteiger partial charge in [-0.3, -0.25) is 4.98 Å². The minimum absolute atomic E-state index is 0.222. The van der Waals surface area contributed by atoms with Crippen LogP contribution in [0.1, 0.15) is 0 Å². The number of H-pyrrole nitrogens is 1. The van der Waals surface area contributed by atoms with Crippen LogP contribution in [0.3, 0.4) is 0 Å². The van der Waals surface area contributed by atoms with E-state index in [1.165, 1.54) is 23.9 Å². The third-order valence-corrected chi connectivity index (χ3v) is 3.84. The predicted molar refractivity (Wildman–Crippen MR) is 76.8 cm³/mol. The number of halogens is 1. The van der Waals surface area contributed by atoms with E-state index in [0.717, 1.165) is 10.9 Å². The maximum Gasteiger partial charge on any atom is 0.411 e. The van der Waals surface area contributed by atoms with Crippen molar-refractivity contribution in [2.45, 2.75) is 9.79 Å². The number of hydrogen-bond donors (Lipinski definition) is 2. The zero-order valence-electron chi connectivity index (χ0n) is 10.7. The van der Waals surface area contributed by atoms with Gasteiger partial charge in [0.2, 0.25) is 5.88 Å². The largest absolute Gasteiger partial charge is 0.411 e. The number of primary amides is 1. The van der Waals surface area contributed by atoms with E-state index < -0.39 is 6.09 Å². The number of rotatable bonds is 3. The molecule has 0 spiro atoms. The molecule has 7 heteroatoms. The number of hydrogen-bond acceptors (Lipinski definition) is 4. The number of aromatic amines is 1. The fourth-order valence-corrected chi connectivity index (χ4v) is 2.92. The Balaban J connectivity index is 2.08. The van der Waals surface area contributed by atoms with Crippen LogP contribution in [0.15, 0.2) is 52.5 Å². The number of fused-ring (bicyclic) bond motifs is 1. The van der Waals surface area contributed by atoms with Crippen molar-refractivity contribution < 1.29 is 13.9 Å². The van der Waals surface area contributed by atoms with Crippen molar-refractivity contribution in [2.75, 3.05) is 0 Å². The second-order valence-corrected chi connectivity index (χ2v) is 5.27. The van der Waals surface area contributed by atoms with E-state index in [1.54, 1.807) is 30.6 Å². The third-order valence-electron chi connectivity index (χ3n) is 2.74. The van der Waals surface area contributed by atoms with Gasteiger partial charge >= 0.3 is 6.09 Å². The fourth-order valence-electron chi connectivity index (χ4n) is 1.91. The summed E-state index contributed by atoms with van der Waals surface area (Å²) in [4.78, 5) is 19.3. The molecule has 5 nitrogen and oxygen atoms in total. The number of nitrogens with one attached hydrogen (secondary N) is 1. The van der Waals surface area contributed by atoms with Crippen LogP contribution in [0.2, 0.25) is 0 Å². The molecular formula is C14H10FN3O2S. The van der Waals surface area contributed by atoms with Crippen molar-refractivity contribution in [3.05, 3.63) is 48.5 Å². The normalized spacial score (nSPS) is 10.7. The molecular weight excluding hydrogens is 293 g/mol. The van der Waals surface area contributed by atoms with Crippen molar-refractivity contribution in [2.24, 2.45) is 5.73 Å². The van der Waals surface area contributed by atoms with Crippen LogP contribution in [-0.2, 0) is 0 Å². The van der Waals surface area contributed by atoms with E-state index in [9.17, 15) is 9.18 Å². The van der Waals surface area contributed by atoms with Crippen LogP contribution in [0.4, 0.5) is 9.18 Å². The molecule has 0 unspecified atom stereocenters. The van der Waals surface area contributed by atoms with Gasteiger partial charge in [0.25, 0.3) is 0 Å². The highest BCUT2D eigenvalue weighted by atomic mass is 32.2. The topological polar surface area (TPSA) is 81.0 Å². The van der Waals surface area contributed by atoms with Crippen LogP contribution < -0.4 is 10.5 Å². The van der Waals surface area contributed by atoms with Crippen molar-refractivity contribution in [1.29, 1.82) is 0 Å². The molecule has 0 radical (unpaired) electrons. The molecule has 3 N–H and O–H groups in total. The first-order valence-electron chi connectivity index (χ1n) is 6.00.